The third-order valence-corrected chi connectivity index (χ3v) is 3.29. The van der Waals surface area contributed by atoms with Gasteiger partial charge in [0.25, 0.3) is 0 Å². The van der Waals surface area contributed by atoms with Crippen LogP contribution in [0, 0.1) is 0 Å². The number of hydrogen-bond acceptors (Lipinski definition) is 3. The van der Waals surface area contributed by atoms with Crippen molar-refractivity contribution in [2.24, 2.45) is 0 Å². The Morgan fingerprint density at radius 2 is 2.14 bits per heavy atom. The van der Waals surface area contributed by atoms with E-state index in [4.69, 9.17) is 9.47 Å². The summed E-state index contributed by atoms with van der Waals surface area (Å²) < 4.78 is 11.5. The van der Waals surface area contributed by atoms with Gasteiger partial charge < -0.3 is 9.47 Å². The summed E-state index contributed by atoms with van der Waals surface area (Å²) in [6, 6.07) is 0.623. The molecule has 0 aromatic carbocycles. The normalized spacial score (nSPS) is 35.4. The van der Waals surface area contributed by atoms with E-state index in [1.165, 1.54) is 0 Å². The molecule has 2 aliphatic heterocycles. The van der Waals surface area contributed by atoms with Crippen molar-refractivity contribution in [3.05, 3.63) is 0 Å². The molecule has 3 nitrogen and oxygen atoms in total. The summed E-state index contributed by atoms with van der Waals surface area (Å²) in [7, 11) is 0. The number of nitrogens with zero attached hydrogens (tertiary/aromatic N) is 1. The van der Waals surface area contributed by atoms with E-state index in [2.05, 4.69) is 18.7 Å². The standard InChI is InChI=1S/C11H21NO2/c1-10(2)12-5-7-14-11(8-12)4-3-6-13-9-11/h10H,3-9H2,1-2H3. The lowest BCUT2D eigenvalue weighted by atomic mass is 9.94. The molecule has 0 aromatic rings. The maximum absolute atomic E-state index is 5.92. The van der Waals surface area contributed by atoms with Crippen LogP contribution in [0.3, 0.4) is 0 Å². The highest BCUT2D eigenvalue weighted by Crippen LogP contribution is 2.28. The maximum atomic E-state index is 5.92. The molecule has 2 rings (SSSR count). The zero-order valence-electron chi connectivity index (χ0n) is 9.29. The van der Waals surface area contributed by atoms with E-state index >= 15 is 0 Å². The van der Waals surface area contributed by atoms with Crippen molar-refractivity contribution in [1.82, 2.24) is 4.90 Å². The molecule has 2 fully saturated rings. The van der Waals surface area contributed by atoms with Crippen LogP contribution in [0.5, 0.6) is 0 Å². The molecule has 0 radical (unpaired) electrons. The first-order valence-electron chi connectivity index (χ1n) is 5.68. The molecule has 14 heavy (non-hydrogen) atoms. The molecule has 2 heterocycles. The van der Waals surface area contributed by atoms with Crippen molar-refractivity contribution in [3.8, 4) is 0 Å². The molecule has 0 aliphatic carbocycles. The summed E-state index contributed by atoms with van der Waals surface area (Å²) in [6.45, 7) is 9.18. The summed E-state index contributed by atoms with van der Waals surface area (Å²) in [4.78, 5) is 2.50. The van der Waals surface area contributed by atoms with Crippen molar-refractivity contribution in [1.29, 1.82) is 0 Å². The second-order valence-electron chi connectivity index (χ2n) is 4.75. The van der Waals surface area contributed by atoms with Gasteiger partial charge >= 0.3 is 0 Å². The van der Waals surface area contributed by atoms with Crippen molar-refractivity contribution >= 4 is 0 Å². The van der Waals surface area contributed by atoms with Gasteiger partial charge in [-0.2, -0.15) is 0 Å². The molecule has 3 heteroatoms. The molecule has 1 atom stereocenters. The van der Waals surface area contributed by atoms with Gasteiger partial charge in [0, 0.05) is 25.7 Å². The lowest BCUT2D eigenvalue weighted by molar-refractivity contribution is -0.172. The summed E-state index contributed by atoms with van der Waals surface area (Å²) >= 11 is 0. The Morgan fingerprint density at radius 3 is 2.79 bits per heavy atom. The largest absolute Gasteiger partial charge is 0.378 e. The van der Waals surface area contributed by atoms with E-state index in [0.717, 1.165) is 45.8 Å². The molecular weight excluding hydrogens is 178 g/mol. The average molecular weight is 199 g/mol. The van der Waals surface area contributed by atoms with Gasteiger partial charge in [0.15, 0.2) is 0 Å². The molecule has 1 unspecified atom stereocenters. The van der Waals surface area contributed by atoms with Gasteiger partial charge in [-0.25, -0.2) is 0 Å². The first-order chi connectivity index (χ1) is 6.72. The van der Waals surface area contributed by atoms with Gasteiger partial charge in [-0.05, 0) is 26.7 Å². The van der Waals surface area contributed by atoms with Crippen LogP contribution in [-0.2, 0) is 9.47 Å². The fourth-order valence-electron chi connectivity index (χ4n) is 2.38. The van der Waals surface area contributed by atoms with Crippen LogP contribution in [0.2, 0.25) is 0 Å². The molecule has 0 bridgehead atoms. The molecular formula is C11H21NO2. The number of morpholine rings is 1. The second kappa shape index (κ2) is 4.17. The van der Waals surface area contributed by atoms with Crippen molar-refractivity contribution < 1.29 is 9.47 Å². The predicted molar refractivity (Wildman–Crippen MR) is 55.4 cm³/mol. The number of hydrogen-bond donors (Lipinski definition) is 0. The van der Waals surface area contributed by atoms with E-state index < -0.39 is 0 Å². The van der Waals surface area contributed by atoms with Crippen LogP contribution in [0.1, 0.15) is 26.7 Å². The third-order valence-electron chi connectivity index (χ3n) is 3.29. The first kappa shape index (κ1) is 10.4. The number of rotatable bonds is 1. The van der Waals surface area contributed by atoms with Gasteiger partial charge in [0.05, 0.1) is 13.2 Å². The molecule has 0 aromatic heterocycles. The van der Waals surface area contributed by atoms with Crippen molar-refractivity contribution in [2.75, 3.05) is 32.9 Å². The molecule has 0 amide bonds. The van der Waals surface area contributed by atoms with Crippen LogP contribution >= 0.6 is 0 Å². The predicted octanol–water partition coefficient (Wildman–Crippen LogP) is 1.28. The first-order valence-corrected chi connectivity index (χ1v) is 5.68. The highest BCUT2D eigenvalue weighted by molar-refractivity contribution is 4.90. The monoisotopic (exact) mass is 199 g/mol. The second-order valence-corrected chi connectivity index (χ2v) is 4.75. The Balaban J connectivity index is 1.97. The van der Waals surface area contributed by atoms with Crippen molar-refractivity contribution in [2.45, 2.75) is 38.3 Å². The van der Waals surface area contributed by atoms with Crippen LogP contribution in [0.25, 0.3) is 0 Å². The minimum absolute atomic E-state index is 0.0147. The smallest absolute Gasteiger partial charge is 0.104 e. The maximum Gasteiger partial charge on any atom is 0.104 e. The molecule has 0 saturated carbocycles. The summed E-state index contributed by atoms with van der Waals surface area (Å²) in [5.41, 5.74) is 0.0147. The zero-order valence-corrected chi connectivity index (χ0v) is 9.29. The van der Waals surface area contributed by atoms with E-state index in [1.807, 2.05) is 0 Å². The Kier molecular flexibility index (Phi) is 3.10. The fourth-order valence-corrected chi connectivity index (χ4v) is 2.38. The van der Waals surface area contributed by atoms with Gasteiger partial charge in [-0.3, -0.25) is 4.90 Å². The summed E-state index contributed by atoms with van der Waals surface area (Å²) in [5.74, 6) is 0. The average Bonchev–Trinajstić information content (AvgIpc) is 2.19. The van der Waals surface area contributed by atoms with Gasteiger partial charge in [-0.1, -0.05) is 0 Å². The molecule has 2 aliphatic rings. The van der Waals surface area contributed by atoms with Crippen LogP contribution in [0.4, 0.5) is 0 Å². The van der Waals surface area contributed by atoms with E-state index in [-0.39, 0.29) is 5.60 Å². The fraction of sp³-hybridized carbons (Fsp3) is 1.00. The van der Waals surface area contributed by atoms with Crippen LogP contribution < -0.4 is 0 Å². The summed E-state index contributed by atoms with van der Waals surface area (Å²) in [5, 5.41) is 0. The van der Waals surface area contributed by atoms with Crippen LogP contribution in [0.15, 0.2) is 0 Å². The third kappa shape index (κ3) is 2.10. The quantitative estimate of drug-likeness (QED) is 0.635. The Bertz CT molecular complexity index is 182. The minimum Gasteiger partial charge on any atom is -0.378 e. The van der Waals surface area contributed by atoms with E-state index in [9.17, 15) is 0 Å². The summed E-state index contributed by atoms with van der Waals surface area (Å²) in [6.07, 6.45) is 2.31. The van der Waals surface area contributed by atoms with Gasteiger partial charge in [0.1, 0.15) is 5.60 Å². The van der Waals surface area contributed by atoms with E-state index in [1.54, 1.807) is 0 Å². The SMILES string of the molecule is CC(C)N1CCOC2(CCCOC2)C1. The molecule has 0 N–H and O–H groups in total. The Labute approximate surface area is 86.4 Å². The van der Waals surface area contributed by atoms with Gasteiger partial charge in [0.2, 0.25) is 0 Å². The van der Waals surface area contributed by atoms with Gasteiger partial charge in [-0.15, -0.1) is 0 Å². The lowest BCUT2D eigenvalue weighted by Crippen LogP contribution is -2.57. The Morgan fingerprint density at radius 1 is 1.29 bits per heavy atom. The molecule has 82 valence electrons. The minimum atomic E-state index is 0.0147. The van der Waals surface area contributed by atoms with Crippen molar-refractivity contribution in [3.63, 3.8) is 0 Å². The molecule has 1 spiro atoms. The molecule has 2 saturated heterocycles. The Hall–Kier alpha value is -0.120. The van der Waals surface area contributed by atoms with E-state index in [0.29, 0.717) is 6.04 Å². The topological polar surface area (TPSA) is 21.7 Å². The highest BCUT2D eigenvalue weighted by atomic mass is 16.5. The van der Waals surface area contributed by atoms with Crippen LogP contribution in [-0.4, -0.2) is 49.5 Å². The highest BCUT2D eigenvalue weighted by Gasteiger charge is 2.39. The lowest BCUT2D eigenvalue weighted by Gasteiger charge is -2.45. The zero-order chi connectivity index (χ0) is 10.0. The number of ether oxygens (including phenoxy) is 2.